The Bertz CT molecular complexity index is 1200. The number of carbonyl (C=O) groups excluding carboxylic acids is 2. The van der Waals surface area contributed by atoms with Gasteiger partial charge in [-0.05, 0) is 49.6 Å². The maximum absolute atomic E-state index is 13.8. The van der Waals surface area contributed by atoms with Crippen molar-refractivity contribution in [3.63, 3.8) is 0 Å². The molecule has 1 aliphatic heterocycles. The van der Waals surface area contributed by atoms with Crippen LogP contribution in [0.2, 0.25) is 0 Å². The average Bonchev–Trinajstić information content (AvgIpc) is 2.87. The first-order chi connectivity index (χ1) is 16.9. The largest absolute Gasteiger partial charge is 0.495 e. The van der Waals surface area contributed by atoms with E-state index < -0.39 is 5.92 Å². The number of hydrogen-bond donors (Lipinski definition) is 2. The standard InChI is InChI=1S/C27H30N2O6/c1-15-23(27(31)29-17-9-6-7-12-20(17)32-2)24(25-18(28-15)10-8-11-19(25)30)16-13-21(33-3)26(35-5)22(14-16)34-4/h6-7,9,12-14,24,28H,8,10-11H2,1-5H3,(H,29,31)/t24-/m0/s1. The van der Waals surface area contributed by atoms with Gasteiger partial charge in [0.15, 0.2) is 17.3 Å². The summed E-state index contributed by atoms with van der Waals surface area (Å²) in [6.45, 7) is 1.85. The van der Waals surface area contributed by atoms with E-state index in [2.05, 4.69) is 10.6 Å². The van der Waals surface area contributed by atoms with E-state index in [0.717, 1.165) is 18.5 Å². The summed E-state index contributed by atoms with van der Waals surface area (Å²) in [5.74, 6) is 0.970. The third-order valence-electron chi connectivity index (χ3n) is 6.40. The fourth-order valence-electron chi connectivity index (χ4n) is 4.82. The Morgan fingerprint density at radius 3 is 2.23 bits per heavy atom. The molecule has 35 heavy (non-hydrogen) atoms. The normalized spacial score (nSPS) is 17.4. The van der Waals surface area contributed by atoms with Crippen LogP contribution < -0.4 is 29.6 Å². The predicted octanol–water partition coefficient (Wildman–Crippen LogP) is 4.33. The molecule has 8 heteroatoms. The van der Waals surface area contributed by atoms with E-state index >= 15 is 0 Å². The van der Waals surface area contributed by atoms with Crippen LogP contribution >= 0.6 is 0 Å². The maximum Gasteiger partial charge on any atom is 0.254 e. The number of ketones is 1. The van der Waals surface area contributed by atoms with Gasteiger partial charge in [-0.15, -0.1) is 0 Å². The van der Waals surface area contributed by atoms with Crippen LogP contribution in [0.3, 0.4) is 0 Å². The Morgan fingerprint density at radius 2 is 1.60 bits per heavy atom. The number of nitrogens with one attached hydrogen (secondary N) is 2. The van der Waals surface area contributed by atoms with Crippen LogP contribution in [0.15, 0.2) is 58.9 Å². The Kier molecular flexibility index (Phi) is 7.00. The van der Waals surface area contributed by atoms with Crippen LogP contribution in [-0.4, -0.2) is 40.1 Å². The lowest BCUT2D eigenvalue weighted by atomic mass is 9.75. The van der Waals surface area contributed by atoms with E-state index in [9.17, 15) is 9.59 Å². The lowest BCUT2D eigenvalue weighted by molar-refractivity contribution is -0.116. The Morgan fingerprint density at radius 1 is 0.943 bits per heavy atom. The molecule has 8 nitrogen and oxygen atoms in total. The average molecular weight is 479 g/mol. The highest BCUT2D eigenvalue weighted by Gasteiger charge is 2.39. The quantitative estimate of drug-likeness (QED) is 0.612. The van der Waals surface area contributed by atoms with Crippen molar-refractivity contribution in [1.29, 1.82) is 0 Å². The number of rotatable bonds is 7. The molecular weight excluding hydrogens is 448 g/mol. The van der Waals surface area contributed by atoms with E-state index in [1.165, 1.54) is 21.3 Å². The van der Waals surface area contributed by atoms with Gasteiger partial charge in [-0.25, -0.2) is 0 Å². The number of allylic oxidation sites excluding steroid dienone is 3. The smallest absolute Gasteiger partial charge is 0.254 e. The van der Waals surface area contributed by atoms with E-state index in [4.69, 9.17) is 18.9 Å². The number of ether oxygens (including phenoxy) is 4. The van der Waals surface area contributed by atoms with Gasteiger partial charge < -0.3 is 29.6 Å². The fourth-order valence-corrected chi connectivity index (χ4v) is 4.82. The van der Waals surface area contributed by atoms with Gasteiger partial charge in [0.25, 0.3) is 5.91 Å². The predicted molar refractivity (Wildman–Crippen MR) is 132 cm³/mol. The van der Waals surface area contributed by atoms with E-state index in [0.29, 0.717) is 57.5 Å². The third kappa shape index (κ3) is 4.43. The van der Waals surface area contributed by atoms with Gasteiger partial charge in [0.2, 0.25) is 5.75 Å². The molecule has 0 aromatic heterocycles. The van der Waals surface area contributed by atoms with Crippen LogP contribution in [0, 0.1) is 0 Å². The summed E-state index contributed by atoms with van der Waals surface area (Å²) in [5, 5.41) is 6.30. The maximum atomic E-state index is 13.8. The molecular formula is C27H30N2O6. The van der Waals surface area contributed by atoms with Crippen LogP contribution in [0.5, 0.6) is 23.0 Å². The summed E-state index contributed by atoms with van der Waals surface area (Å²) in [6.07, 6.45) is 1.94. The van der Waals surface area contributed by atoms with Crippen LogP contribution in [-0.2, 0) is 9.59 Å². The first kappa shape index (κ1) is 24.2. The van der Waals surface area contributed by atoms with Gasteiger partial charge >= 0.3 is 0 Å². The highest BCUT2D eigenvalue weighted by atomic mass is 16.5. The van der Waals surface area contributed by atoms with Crippen molar-refractivity contribution < 1.29 is 28.5 Å². The molecule has 0 saturated carbocycles. The molecule has 2 aliphatic rings. The third-order valence-corrected chi connectivity index (χ3v) is 6.40. The number of Topliss-reactive ketones (excluding diaryl/α,β-unsaturated/α-hetero) is 1. The van der Waals surface area contributed by atoms with Crippen molar-refractivity contribution in [1.82, 2.24) is 5.32 Å². The number of dihydropyridines is 1. The van der Waals surface area contributed by atoms with Crippen molar-refractivity contribution >= 4 is 17.4 Å². The number of amides is 1. The minimum absolute atomic E-state index is 0.0209. The number of methoxy groups -OCH3 is 4. The second-order valence-electron chi connectivity index (χ2n) is 8.38. The molecule has 4 rings (SSSR count). The van der Waals surface area contributed by atoms with E-state index in [1.54, 1.807) is 31.4 Å². The van der Waals surface area contributed by atoms with Crippen molar-refractivity contribution in [3.05, 3.63) is 64.5 Å². The van der Waals surface area contributed by atoms with Crippen molar-refractivity contribution in [2.45, 2.75) is 32.1 Å². The Hall–Kier alpha value is -3.94. The van der Waals surface area contributed by atoms with Crippen LogP contribution in [0.25, 0.3) is 0 Å². The summed E-state index contributed by atoms with van der Waals surface area (Å²) in [7, 11) is 6.16. The lowest BCUT2D eigenvalue weighted by Gasteiger charge is -2.35. The van der Waals surface area contributed by atoms with Crippen molar-refractivity contribution in [3.8, 4) is 23.0 Å². The van der Waals surface area contributed by atoms with Gasteiger partial charge in [0.05, 0.1) is 34.1 Å². The zero-order valence-electron chi connectivity index (χ0n) is 20.6. The number of para-hydroxylation sites is 2. The van der Waals surface area contributed by atoms with Gasteiger partial charge in [0, 0.05) is 34.9 Å². The molecule has 0 spiro atoms. The second kappa shape index (κ2) is 10.1. The molecule has 0 bridgehead atoms. The Labute approximate surface area is 204 Å². The minimum Gasteiger partial charge on any atom is -0.495 e. The highest BCUT2D eigenvalue weighted by molar-refractivity contribution is 6.10. The molecule has 1 atom stereocenters. The zero-order chi connectivity index (χ0) is 25.1. The van der Waals surface area contributed by atoms with Crippen molar-refractivity contribution in [2.75, 3.05) is 33.8 Å². The summed E-state index contributed by atoms with van der Waals surface area (Å²) in [4.78, 5) is 27.0. The number of anilines is 1. The molecule has 0 unspecified atom stereocenters. The summed E-state index contributed by atoms with van der Waals surface area (Å²) < 4.78 is 22.0. The first-order valence-electron chi connectivity index (χ1n) is 11.4. The molecule has 1 heterocycles. The Balaban J connectivity index is 1.87. The monoisotopic (exact) mass is 478 g/mol. The fraction of sp³-hybridized carbons (Fsp3) is 0.333. The molecule has 1 aliphatic carbocycles. The lowest BCUT2D eigenvalue weighted by Crippen LogP contribution is -2.35. The molecule has 0 fully saturated rings. The second-order valence-corrected chi connectivity index (χ2v) is 8.38. The van der Waals surface area contributed by atoms with E-state index in [-0.39, 0.29) is 11.7 Å². The van der Waals surface area contributed by atoms with Gasteiger partial charge in [0.1, 0.15) is 5.75 Å². The topological polar surface area (TPSA) is 95.1 Å². The highest BCUT2D eigenvalue weighted by Crippen LogP contribution is 2.47. The molecule has 2 aromatic rings. The number of carbonyl (C=O) groups is 2. The molecule has 1 amide bonds. The molecule has 0 radical (unpaired) electrons. The van der Waals surface area contributed by atoms with Crippen LogP contribution in [0.4, 0.5) is 5.69 Å². The molecule has 2 aromatic carbocycles. The molecule has 184 valence electrons. The van der Waals surface area contributed by atoms with Gasteiger partial charge in [-0.1, -0.05) is 12.1 Å². The summed E-state index contributed by atoms with van der Waals surface area (Å²) in [6, 6.07) is 10.8. The molecule has 0 saturated heterocycles. The zero-order valence-corrected chi connectivity index (χ0v) is 20.6. The summed E-state index contributed by atoms with van der Waals surface area (Å²) >= 11 is 0. The SMILES string of the molecule is COc1ccccc1NC(=O)C1=C(C)NC2=C(C(=O)CCC2)[C@H]1c1cc(OC)c(OC)c(OC)c1. The summed E-state index contributed by atoms with van der Waals surface area (Å²) in [5.41, 5.74) is 3.82. The molecule has 2 N–H and O–H groups in total. The number of hydrogen-bond acceptors (Lipinski definition) is 7. The first-order valence-corrected chi connectivity index (χ1v) is 11.4. The van der Waals surface area contributed by atoms with Gasteiger partial charge in [-0.2, -0.15) is 0 Å². The van der Waals surface area contributed by atoms with Crippen molar-refractivity contribution in [2.24, 2.45) is 0 Å². The van der Waals surface area contributed by atoms with Crippen LogP contribution in [0.1, 0.15) is 37.7 Å². The van der Waals surface area contributed by atoms with Gasteiger partial charge in [-0.3, -0.25) is 9.59 Å². The minimum atomic E-state index is -0.609. The van der Waals surface area contributed by atoms with E-state index in [1.807, 2.05) is 19.1 Å². The number of benzene rings is 2.